The Kier molecular flexibility index (Phi) is 29.8. The largest absolute Gasteiger partial charge is 0.461 e. The summed E-state index contributed by atoms with van der Waals surface area (Å²) in [5.74, 6) is -3.65. The van der Waals surface area contributed by atoms with Gasteiger partial charge in [-0.3, -0.25) is 0 Å². The Morgan fingerprint density at radius 3 is 1.34 bits per heavy atom. The molecule has 4 heterocycles. The van der Waals surface area contributed by atoms with Gasteiger partial charge in [0.15, 0.2) is 25.0 Å². The van der Waals surface area contributed by atoms with Gasteiger partial charge in [0.1, 0.15) is 55.4 Å². The summed E-state index contributed by atoms with van der Waals surface area (Å²) < 4.78 is 38.4. The third-order valence-electron chi connectivity index (χ3n) is 8.54. The molecule has 4 saturated heterocycles. The summed E-state index contributed by atoms with van der Waals surface area (Å²) in [5, 5.41) is 111. The van der Waals surface area contributed by atoms with Crippen LogP contribution in [0.5, 0.6) is 0 Å². The van der Waals surface area contributed by atoms with Crippen molar-refractivity contribution in [3.63, 3.8) is 0 Å². The van der Waals surface area contributed by atoms with E-state index >= 15 is 0 Å². The molecule has 0 saturated carbocycles. The van der Waals surface area contributed by atoms with Crippen molar-refractivity contribution in [3.05, 3.63) is 0 Å². The summed E-state index contributed by atoms with van der Waals surface area (Å²) in [6, 6.07) is 0. The van der Waals surface area contributed by atoms with E-state index in [2.05, 4.69) is 4.74 Å². The number of ether oxygens (including phenoxy) is 8. The standard InChI is InChI=1S/4C8H12Cl2O6/c9-7(10)8(14)15-2-4-6(13)3(11)1-5(12)16-4;9-7(10)8(14)16-3-1-5(12)15-4(2-11)6(3)13;9-7(10)8(14)16-5-1-3(12)6(13)4(2-11)15-5;9-7(10)8(14)16-6-3(12)1-5(13)15-4(6)2-11/h4*3-7,11-13H,1-2H2/t2*3-,4?,5-,6+;3-,4?,5+,6+;3-,4?,5-,6+/m1111/s1. The zero-order chi connectivity index (χ0) is 49.2. The third-order valence-corrected chi connectivity index (χ3v) is 9.97. The van der Waals surface area contributed by atoms with Gasteiger partial charge >= 0.3 is 23.9 Å². The van der Waals surface area contributed by atoms with Crippen molar-refractivity contribution in [2.75, 3.05) is 26.4 Å². The molecule has 64 heavy (non-hydrogen) atoms. The zero-order valence-corrected chi connectivity index (χ0v) is 38.5. The smallest absolute Gasteiger partial charge is 0.341 e. The first-order valence-electron chi connectivity index (χ1n) is 18.3. The van der Waals surface area contributed by atoms with Crippen LogP contribution < -0.4 is 0 Å². The monoisotopic (exact) mass is 1100 g/mol. The Morgan fingerprint density at radius 2 is 0.844 bits per heavy atom. The minimum Gasteiger partial charge on any atom is -0.461 e. The van der Waals surface area contributed by atoms with E-state index in [0.717, 1.165) is 0 Å². The van der Waals surface area contributed by atoms with E-state index in [9.17, 15) is 54.9 Å². The fraction of sp³-hybridized carbons (Fsp3) is 0.875. The highest BCUT2D eigenvalue weighted by molar-refractivity contribution is 6.54. The van der Waals surface area contributed by atoms with Gasteiger partial charge in [-0.25, -0.2) is 19.2 Å². The Hall–Kier alpha value is -0.440. The number of carbonyl (C=O) groups is 4. The summed E-state index contributed by atoms with van der Waals surface area (Å²) in [6.45, 7) is -1.86. The first kappa shape index (κ1) is 61.6. The number of hydrogen-bond acceptors (Lipinski definition) is 24. The van der Waals surface area contributed by atoms with Crippen molar-refractivity contribution < 1.29 is 118 Å². The molecular formula is C32H48Cl8O24. The first-order chi connectivity index (χ1) is 29.8. The lowest BCUT2D eigenvalue weighted by Crippen LogP contribution is -2.52. The zero-order valence-electron chi connectivity index (χ0n) is 32.5. The van der Waals surface area contributed by atoms with Crippen LogP contribution in [0.25, 0.3) is 0 Å². The van der Waals surface area contributed by atoms with Crippen LogP contribution in [-0.4, -0.2) is 229 Å². The molecule has 0 aromatic heterocycles. The fourth-order valence-corrected chi connectivity index (χ4v) is 5.85. The summed E-state index contributed by atoms with van der Waals surface area (Å²) in [7, 11) is 0. The number of alkyl halides is 8. The summed E-state index contributed by atoms with van der Waals surface area (Å²) in [4.78, 5) is 38.7. The van der Waals surface area contributed by atoms with Crippen molar-refractivity contribution >= 4 is 117 Å². The van der Waals surface area contributed by atoms with E-state index in [0.29, 0.717) is 0 Å². The van der Waals surface area contributed by atoms with E-state index in [1.165, 1.54) is 0 Å². The van der Waals surface area contributed by atoms with Crippen LogP contribution in [0, 0.1) is 0 Å². The van der Waals surface area contributed by atoms with E-state index in [-0.39, 0.29) is 32.3 Å². The second-order valence-electron chi connectivity index (χ2n) is 13.3. The molecule has 24 nitrogen and oxygen atoms in total. The average molecular weight is 1100 g/mol. The molecule has 4 fully saturated rings. The molecule has 4 aliphatic rings. The first-order valence-corrected chi connectivity index (χ1v) is 21.7. The molecule has 4 unspecified atom stereocenters. The number of aliphatic hydroxyl groups excluding tert-OH is 12. The maximum Gasteiger partial charge on any atom is 0.341 e. The third kappa shape index (κ3) is 21.5. The number of hydrogen-bond donors (Lipinski definition) is 12. The summed E-state index contributed by atoms with van der Waals surface area (Å²) in [5.41, 5.74) is 0. The molecular weight excluding hydrogens is 1050 g/mol. The molecule has 12 N–H and O–H groups in total. The van der Waals surface area contributed by atoms with Gasteiger partial charge in [0.25, 0.3) is 0 Å². The second kappa shape index (κ2) is 30.9. The van der Waals surface area contributed by atoms with E-state index in [4.69, 9.17) is 151 Å². The molecule has 16 atom stereocenters. The fourth-order valence-electron chi connectivity index (χ4n) is 5.42. The van der Waals surface area contributed by atoms with Gasteiger partial charge < -0.3 is 99.2 Å². The molecule has 376 valence electrons. The van der Waals surface area contributed by atoms with Gasteiger partial charge in [0.2, 0.25) is 25.6 Å². The molecule has 0 aliphatic carbocycles. The van der Waals surface area contributed by atoms with Crippen molar-refractivity contribution in [3.8, 4) is 0 Å². The van der Waals surface area contributed by atoms with Gasteiger partial charge in [-0.05, 0) is 0 Å². The lowest BCUT2D eigenvalue weighted by molar-refractivity contribution is -0.250. The number of esters is 4. The van der Waals surface area contributed by atoms with Gasteiger partial charge in [0, 0.05) is 25.7 Å². The van der Waals surface area contributed by atoms with Crippen molar-refractivity contribution in [1.29, 1.82) is 0 Å². The number of carbonyl (C=O) groups excluding carboxylic acids is 4. The van der Waals surface area contributed by atoms with Gasteiger partial charge in [0.05, 0.1) is 38.1 Å². The highest BCUT2D eigenvalue weighted by atomic mass is 35.5. The topological polar surface area (TPSA) is 385 Å². The molecule has 4 rings (SSSR count). The highest BCUT2D eigenvalue weighted by Crippen LogP contribution is 2.26. The molecule has 0 bridgehead atoms. The van der Waals surface area contributed by atoms with Crippen LogP contribution in [0.1, 0.15) is 25.7 Å². The van der Waals surface area contributed by atoms with E-state index < -0.39 is 161 Å². The Labute approximate surface area is 403 Å². The number of rotatable bonds is 12. The van der Waals surface area contributed by atoms with E-state index in [1.54, 1.807) is 0 Å². The SMILES string of the molecule is O=C(OCC1O[C@@H](O)C[C@@H](O)[C@@H]1O)C(Cl)Cl.O=C(O[C@@H]1C(CO)O[C@@H](O)C[C@H]1O)C(Cl)Cl.O=C(O[C@@H]1C[C@H](O)OC(CO)[C@H]1O)C(Cl)Cl.O=C(O[C@H]1C[C@@H](O)[C@H](O)C(CO)O1)C(Cl)Cl. The van der Waals surface area contributed by atoms with Crippen LogP contribution in [0.4, 0.5) is 0 Å². The van der Waals surface area contributed by atoms with Gasteiger partial charge in [-0.2, -0.15) is 0 Å². The lowest BCUT2D eigenvalue weighted by Gasteiger charge is -2.36. The predicted molar refractivity (Wildman–Crippen MR) is 216 cm³/mol. The minimum absolute atomic E-state index is 0.0980. The summed E-state index contributed by atoms with van der Waals surface area (Å²) >= 11 is 42.0. The molecule has 0 amide bonds. The van der Waals surface area contributed by atoms with Gasteiger partial charge in [-0.15, -0.1) is 0 Å². The van der Waals surface area contributed by atoms with E-state index in [1.807, 2.05) is 0 Å². The van der Waals surface area contributed by atoms with Crippen LogP contribution >= 0.6 is 92.8 Å². The Balaban J connectivity index is 0.000000427. The van der Waals surface area contributed by atoms with Gasteiger partial charge in [-0.1, -0.05) is 92.8 Å². The van der Waals surface area contributed by atoms with Crippen molar-refractivity contribution in [2.24, 2.45) is 0 Å². The van der Waals surface area contributed by atoms with Crippen LogP contribution in [0.3, 0.4) is 0 Å². The maximum absolute atomic E-state index is 11.1. The van der Waals surface area contributed by atoms with Crippen LogP contribution in [0.2, 0.25) is 0 Å². The predicted octanol–water partition coefficient (Wildman–Crippen LogP) is -3.35. The Bertz CT molecular complexity index is 1390. The molecule has 0 aromatic carbocycles. The van der Waals surface area contributed by atoms with Crippen LogP contribution in [-0.2, 0) is 57.1 Å². The molecule has 0 aromatic rings. The number of aliphatic hydroxyl groups is 12. The lowest BCUT2D eigenvalue weighted by atomic mass is 10.0. The Morgan fingerprint density at radius 1 is 0.453 bits per heavy atom. The minimum atomic E-state index is -1.38. The summed E-state index contributed by atoms with van der Waals surface area (Å²) in [6.07, 6.45) is -18.4. The quantitative estimate of drug-likeness (QED) is 0.0516. The van der Waals surface area contributed by atoms with Crippen LogP contribution in [0.15, 0.2) is 0 Å². The molecule has 32 heteroatoms. The van der Waals surface area contributed by atoms with Crippen molar-refractivity contribution in [2.45, 2.75) is 143 Å². The molecule has 4 aliphatic heterocycles. The average Bonchev–Trinajstić information content (AvgIpc) is 3.22. The highest BCUT2D eigenvalue weighted by Gasteiger charge is 2.42. The number of halogens is 8. The molecule has 0 radical (unpaired) electrons. The maximum atomic E-state index is 11.1. The second-order valence-corrected chi connectivity index (χ2v) is 17.7. The van der Waals surface area contributed by atoms with Crippen molar-refractivity contribution in [1.82, 2.24) is 0 Å². The molecule has 0 spiro atoms. The normalized spacial score (nSPS) is 35.1.